The minimum absolute atomic E-state index is 0. The topological polar surface area (TPSA) is 89.2 Å². The molecule has 0 aliphatic carbocycles. The van der Waals surface area contributed by atoms with E-state index in [2.05, 4.69) is 0 Å². The average molecular weight is 134 g/mol. The van der Waals surface area contributed by atoms with E-state index in [1.165, 1.54) is 0 Å². The number of hydrogen-bond acceptors (Lipinski definition) is 3. The van der Waals surface area contributed by atoms with Crippen molar-refractivity contribution < 1.29 is 37.6 Å². The second kappa shape index (κ2) is 9.06. The Labute approximate surface area is 45.8 Å². The van der Waals surface area contributed by atoms with E-state index in [0.717, 1.165) is 0 Å². The molecule has 0 rings (SSSR count). The van der Waals surface area contributed by atoms with Gasteiger partial charge in [-0.1, -0.05) is 0 Å². The van der Waals surface area contributed by atoms with Crippen LogP contribution in [-0.4, -0.2) is 22.4 Å². The fourth-order valence-corrected chi connectivity index (χ4v) is 0. The van der Waals surface area contributed by atoms with Gasteiger partial charge in [-0.2, -0.15) is 0 Å². The van der Waals surface area contributed by atoms with Gasteiger partial charge in [0.05, 0.1) is 0 Å². The molecule has 38 valence electrons. The van der Waals surface area contributed by atoms with Crippen LogP contribution in [0.2, 0.25) is 0 Å². The summed E-state index contributed by atoms with van der Waals surface area (Å²) in [6.07, 6.45) is 0. The molecule has 0 bridgehead atoms. The molecule has 0 amide bonds. The van der Waals surface area contributed by atoms with Crippen LogP contribution in [0.5, 0.6) is 0 Å². The molecule has 0 unspecified atom stereocenters. The fourth-order valence-electron chi connectivity index (χ4n) is 0. The van der Waals surface area contributed by atoms with Gasteiger partial charge in [0.15, 0.2) is 0 Å². The summed E-state index contributed by atoms with van der Waals surface area (Å²) in [5.41, 5.74) is 0. The SMILES string of the molecule is OB(O)O.[Fe+2].[O-2]. The van der Waals surface area contributed by atoms with Gasteiger partial charge in [0.1, 0.15) is 0 Å². The predicted octanol–water partition coefficient (Wildman–Crippen LogP) is -2.17. The molecule has 6 heavy (non-hydrogen) atoms. The molecule has 0 radical (unpaired) electrons. The first-order chi connectivity index (χ1) is 1.73. The molecule has 3 N–H and O–H groups in total. The van der Waals surface area contributed by atoms with Crippen LogP contribution >= 0.6 is 0 Å². The second-order valence-electron chi connectivity index (χ2n) is 0.346. The molecule has 0 aromatic rings. The Morgan fingerprint density at radius 1 is 1.00 bits per heavy atom. The van der Waals surface area contributed by atoms with Gasteiger partial charge >= 0.3 is 24.4 Å². The molecule has 0 fully saturated rings. The first-order valence-electron chi connectivity index (χ1n) is 0.775. The van der Waals surface area contributed by atoms with Gasteiger partial charge in [0, 0.05) is 0 Å². The molecule has 0 saturated heterocycles. The largest absolute Gasteiger partial charge is 2.00 e. The molecule has 0 saturated carbocycles. The van der Waals surface area contributed by atoms with E-state index < -0.39 is 7.32 Å². The quantitative estimate of drug-likeness (QED) is 0.329. The Kier molecular flexibility index (Phi) is 24.3. The molecule has 0 aromatic heterocycles. The van der Waals surface area contributed by atoms with Gasteiger partial charge in [-0.05, 0) is 0 Å². The van der Waals surface area contributed by atoms with E-state index in [1.807, 2.05) is 0 Å². The summed E-state index contributed by atoms with van der Waals surface area (Å²) in [7, 11) is -2.17. The van der Waals surface area contributed by atoms with Crippen molar-refractivity contribution in [3.05, 3.63) is 0 Å². The zero-order valence-corrected chi connectivity index (χ0v) is 3.78. The average Bonchev–Trinajstić information content (AvgIpc) is 0.811. The zero-order valence-electron chi connectivity index (χ0n) is 2.68. The predicted molar refractivity (Wildman–Crippen MR) is 13.1 cm³/mol. The van der Waals surface area contributed by atoms with E-state index in [4.69, 9.17) is 15.1 Å². The Bertz CT molecular complexity index is 12.3. The van der Waals surface area contributed by atoms with Crippen LogP contribution in [0.25, 0.3) is 0 Å². The van der Waals surface area contributed by atoms with Gasteiger partial charge < -0.3 is 20.5 Å². The van der Waals surface area contributed by atoms with Crippen LogP contribution in [-0.2, 0) is 22.5 Å². The van der Waals surface area contributed by atoms with Crippen molar-refractivity contribution in [3.8, 4) is 0 Å². The summed E-state index contributed by atoms with van der Waals surface area (Å²) in [5, 5.41) is 21.5. The van der Waals surface area contributed by atoms with E-state index in [9.17, 15) is 0 Å². The molecule has 6 heteroatoms. The summed E-state index contributed by atoms with van der Waals surface area (Å²) in [5.74, 6) is 0. The Morgan fingerprint density at radius 2 is 1.00 bits per heavy atom. The van der Waals surface area contributed by atoms with Gasteiger partial charge in [0.2, 0.25) is 0 Å². The summed E-state index contributed by atoms with van der Waals surface area (Å²) >= 11 is 0. The Balaban J connectivity index is -0.0000000450. The third-order valence-electron chi connectivity index (χ3n) is 0. The minimum Gasteiger partial charge on any atom is -2.00 e. The van der Waals surface area contributed by atoms with Crippen LogP contribution in [0.3, 0.4) is 0 Å². The van der Waals surface area contributed by atoms with Gasteiger partial charge in [-0.3, -0.25) is 0 Å². The van der Waals surface area contributed by atoms with Gasteiger partial charge in [-0.15, -0.1) is 0 Å². The van der Waals surface area contributed by atoms with Crippen molar-refractivity contribution >= 4 is 7.32 Å². The van der Waals surface area contributed by atoms with E-state index in [-0.39, 0.29) is 22.5 Å². The van der Waals surface area contributed by atoms with Crippen molar-refractivity contribution in [2.45, 2.75) is 0 Å². The third kappa shape index (κ3) is 288. The van der Waals surface area contributed by atoms with Gasteiger partial charge in [0.25, 0.3) is 0 Å². The fraction of sp³-hybridized carbons (Fsp3) is 0. The van der Waals surface area contributed by atoms with Crippen molar-refractivity contribution in [2.75, 3.05) is 0 Å². The summed E-state index contributed by atoms with van der Waals surface area (Å²) in [6, 6.07) is 0. The van der Waals surface area contributed by atoms with Crippen molar-refractivity contribution in [3.63, 3.8) is 0 Å². The molecule has 0 aliphatic heterocycles. The van der Waals surface area contributed by atoms with Crippen molar-refractivity contribution in [1.82, 2.24) is 0 Å². The van der Waals surface area contributed by atoms with E-state index >= 15 is 0 Å². The van der Waals surface area contributed by atoms with Crippen LogP contribution in [0.15, 0.2) is 0 Å². The maximum absolute atomic E-state index is 7.17. The van der Waals surface area contributed by atoms with E-state index in [0.29, 0.717) is 0 Å². The molecule has 0 aromatic carbocycles. The Morgan fingerprint density at radius 3 is 1.00 bits per heavy atom. The van der Waals surface area contributed by atoms with Crippen molar-refractivity contribution in [1.29, 1.82) is 0 Å². The summed E-state index contributed by atoms with van der Waals surface area (Å²) in [6.45, 7) is 0. The maximum atomic E-state index is 7.17. The maximum Gasteiger partial charge on any atom is 2.00 e. The van der Waals surface area contributed by atoms with Crippen molar-refractivity contribution in [2.24, 2.45) is 0 Å². The number of rotatable bonds is 0. The first kappa shape index (κ1) is 16.1. The molecule has 0 spiro atoms. The molecule has 0 heterocycles. The monoisotopic (exact) mass is 134 g/mol. The van der Waals surface area contributed by atoms with Crippen LogP contribution < -0.4 is 0 Å². The third-order valence-corrected chi connectivity index (χ3v) is 0. The van der Waals surface area contributed by atoms with Crippen LogP contribution in [0, 0.1) is 0 Å². The zero-order chi connectivity index (χ0) is 3.58. The summed E-state index contributed by atoms with van der Waals surface area (Å²) < 4.78 is 0. The van der Waals surface area contributed by atoms with Crippen LogP contribution in [0.4, 0.5) is 0 Å². The molecular weight excluding hydrogens is 131 g/mol. The molecular formula is H3BFeO4. The van der Waals surface area contributed by atoms with Crippen LogP contribution in [0.1, 0.15) is 0 Å². The standard InChI is InChI=1S/BH3O3.Fe.O/c2-1(3)4;;/h2-4H;;/q;+2;-2. The normalized spacial score (nSPS) is 4.50. The Hall–Kier alpha value is 0.424. The second-order valence-corrected chi connectivity index (χ2v) is 0.346. The van der Waals surface area contributed by atoms with E-state index in [1.54, 1.807) is 0 Å². The minimum atomic E-state index is -2.17. The number of hydrogen-bond donors (Lipinski definition) is 3. The smallest absolute Gasteiger partial charge is 2.00 e. The molecule has 0 atom stereocenters. The summed E-state index contributed by atoms with van der Waals surface area (Å²) in [4.78, 5) is 0. The molecule has 0 aliphatic rings. The van der Waals surface area contributed by atoms with Gasteiger partial charge in [-0.25, -0.2) is 0 Å². The molecule has 4 nitrogen and oxygen atoms in total. The first-order valence-corrected chi connectivity index (χ1v) is 0.775.